The molecule has 7 heteroatoms. The Morgan fingerprint density at radius 1 is 1.09 bits per heavy atom. The van der Waals surface area contributed by atoms with Gasteiger partial charge in [0.2, 0.25) is 5.96 Å². The van der Waals surface area contributed by atoms with E-state index >= 15 is 0 Å². The molecule has 0 saturated carbocycles. The van der Waals surface area contributed by atoms with E-state index in [1.807, 2.05) is 12.1 Å². The zero-order valence-corrected chi connectivity index (χ0v) is 11.5. The van der Waals surface area contributed by atoms with E-state index in [0.717, 1.165) is 29.3 Å². The number of ether oxygens (including phenoxy) is 1. The molecule has 0 aromatic heterocycles. The van der Waals surface area contributed by atoms with Gasteiger partial charge >= 0.3 is 0 Å². The van der Waals surface area contributed by atoms with Crippen molar-refractivity contribution in [1.29, 1.82) is 0 Å². The second-order valence-corrected chi connectivity index (χ2v) is 4.36. The van der Waals surface area contributed by atoms with Gasteiger partial charge in [-0.2, -0.15) is 5.10 Å². The van der Waals surface area contributed by atoms with Gasteiger partial charge in [0.1, 0.15) is 24.0 Å². The van der Waals surface area contributed by atoms with E-state index in [4.69, 9.17) is 16.2 Å². The van der Waals surface area contributed by atoms with Gasteiger partial charge in [0, 0.05) is 23.8 Å². The first-order chi connectivity index (χ1) is 10.5. The Kier molecular flexibility index (Phi) is 5.02. The maximum atomic E-state index is 13.1. The van der Waals surface area contributed by atoms with Crippen molar-refractivity contribution < 1.29 is 13.5 Å². The molecule has 0 radical (unpaired) electrons. The lowest BCUT2D eigenvalue weighted by Crippen LogP contribution is -2.21. The number of rotatable bonds is 5. The minimum absolute atomic E-state index is 0.105. The summed E-state index contributed by atoms with van der Waals surface area (Å²) in [5.41, 5.74) is 11.8. The zero-order valence-electron chi connectivity index (χ0n) is 11.5. The van der Waals surface area contributed by atoms with Crippen molar-refractivity contribution in [1.82, 2.24) is 0 Å². The van der Waals surface area contributed by atoms with Crippen molar-refractivity contribution in [3.63, 3.8) is 0 Å². The molecule has 0 fully saturated rings. The molecule has 2 rings (SSSR count). The number of nitrogens with two attached hydrogens (primary N) is 2. The van der Waals surface area contributed by atoms with Crippen LogP contribution in [-0.2, 0) is 6.61 Å². The molecule has 0 unspecified atom stereocenters. The van der Waals surface area contributed by atoms with Crippen LogP contribution in [0.2, 0.25) is 0 Å². The van der Waals surface area contributed by atoms with Crippen molar-refractivity contribution >= 4 is 12.2 Å². The molecule has 0 bridgehead atoms. The van der Waals surface area contributed by atoms with Gasteiger partial charge in [-0.1, -0.05) is 24.3 Å². The number of hydrogen-bond acceptors (Lipinski definition) is 3. The van der Waals surface area contributed by atoms with Crippen LogP contribution < -0.4 is 16.2 Å². The summed E-state index contributed by atoms with van der Waals surface area (Å²) in [5, 5.41) is 7.23. The van der Waals surface area contributed by atoms with Crippen molar-refractivity contribution in [2.24, 2.45) is 21.7 Å². The van der Waals surface area contributed by atoms with Crippen LogP contribution >= 0.6 is 0 Å². The van der Waals surface area contributed by atoms with Gasteiger partial charge in [0.15, 0.2) is 0 Å². The third-order valence-electron chi connectivity index (χ3n) is 2.66. The summed E-state index contributed by atoms with van der Waals surface area (Å²) in [6.07, 6.45) is 1.46. The van der Waals surface area contributed by atoms with Crippen LogP contribution in [0.3, 0.4) is 0 Å². The molecule has 0 amide bonds. The Balaban J connectivity index is 2.12. The molecule has 0 saturated heterocycles. The first kappa shape index (κ1) is 15.4. The van der Waals surface area contributed by atoms with Crippen molar-refractivity contribution in [3.8, 4) is 5.75 Å². The molecule has 0 aliphatic carbocycles. The normalized spacial score (nSPS) is 10.6. The topological polar surface area (TPSA) is 86.0 Å². The summed E-state index contributed by atoms with van der Waals surface area (Å²) in [5.74, 6) is -1.44. The highest BCUT2D eigenvalue weighted by molar-refractivity contribution is 5.83. The first-order valence-corrected chi connectivity index (χ1v) is 6.33. The number of nitrogens with zero attached hydrogens (tertiary/aromatic N) is 2. The molecule has 2 aromatic rings. The number of halogens is 2. The van der Waals surface area contributed by atoms with Crippen LogP contribution in [0.5, 0.6) is 5.75 Å². The minimum atomic E-state index is -0.697. The van der Waals surface area contributed by atoms with Gasteiger partial charge in [-0.25, -0.2) is 8.78 Å². The molecule has 0 spiro atoms. The van der Waals surface area contributed by atoms with Crippen molar-refractivity contribution in [3.05, 3.63) is 65.2 Å². The van der Waals surface area contributed by atoms with Crippen LogP contribution in [-0.4, -0.2) is 12.2 Å². The Morgan fingerprint density at radius 3 is 2.45 bits per heavy atom. The average molecular weight is 304 g/mol. The molecule has 0 atom stereocenters. The summed E-state index contributed by atoms with van der Waals surface area (Å²) in [6, 6.07) is 10.2. The summed E-state index contributed by atoms with van der Waals surface area (Å²) >= 11 is 0. The maximum Gasteiger partial charge on any atom is 0.211 e. The lowest BCUT2D eigenvalue weighted by atomic mass is 10.1. The van der Waals surface area contributed by atoms with E-state index in [9.17, 15) is 8.78 Å². The smallest absolute Gasteiger partial charge is 0.211 e. The Bertz CT molecular complexity index is 692. The van der Waals surface area contributed by atoms with E-state index in [2.05, 4.69) is 10.2 Å². The van der Waals surface area contributed by atoms with Gasteiger partial charge in [0.05, 0.1) is 6.21 Å². The fraction of sp³-hybridized carbons (Fsp3) is 0.0667. The van der Waals surface area contributed by atoms with Gasteiger partial charge in [-0.15, -0.1) is 5.10 Å². The van der Waals surface area contributed by atoms with Gasteiger partial charge in [-0.3, -0.25) is 0 Å². The monoisotopic (exact) mass is 304 g/mol. The van der Waals surface area contributed by atoms with Gasteiger partial charge < -0.3 is 16.2 Å². The minimum Gasteiger partial charge on any atom is -0.489 e. The molecule has 0 heterocycles. The van der Waals surface area contributed by atoms with E-state index in [-0.39, 0.29) is 18.3 Å². The molecule has 2 aromatic carbocycles. The zero-order chi connectivity index (χ0) is 15.9. The molecular weight excluding hydrogens is 290 g/mol. The fourth-order valence-corrected chi connectivity index (χ4v) is 1.72. The van der Waals surface area contributed by atoms with E-state index in [1.54, 1.807) is 12.1 Å². The molecule has 5 nitrogen and oxygen atoms in total. The molecule has 0 aliphatic heterocycles. The maximum absolute atomic E-state index is 13.1. The number of benzene rings is 2. The molecule has 0 aliphatic rings. The average Bonchev–Trinajstić information content (AvgIpc) is 2.45. The second kappa shape index (κ2) is 7.16. The quantitative estimate of drug-likeness (QED) is 0.504. The number of guanidine groups is 1. The van der Waals surface area contributed by atoms with E-state index in [0.29, 0.717) is 0 Å². The summed E-state index contributed by atoms with van der Waals surface area (Å²) < 4.78 is 31.6. The second-order valence-electron chi connectivity index (χ2n) is 4.36. The first-order valence-electron chi connectivity index (χ1n) is 6.33. The predicted octanol–water partition coefficient (Wildman–Crippen LogP) is 2.15. The Labute approximate surface area is 125 Å². The lowest BCUT2D eigenvalue weighted by Gasteiger charge is -2.08. The molecule has 4 N–H and O–H groups in total. The van der Waals surface area contributed by atoms with Crippen LogP contribution in [0, 0.1) is 11.6 Å². The highest BCUT2D eigenvalue weighted by Crippen LogP contribution is 2.17. The summed E-state index contributed by atoms with van der Waals surface area (Å²) in [4.78, 5) is 0. The fourth-order valence-electron chi connectivity index (χ4n) is 1.72. The van der Waals surface area contributed by atoms with Crippen LogP contribution in [0.1, 0.15) is 11.1 Å². The standard InChI is InChI=1S/C15H14F2N4O/c16-12-5-13(17)7-14(6-12)22-9-11-4-2-1-3-10(11)8-20-21-15(18)19/h1-8H,9H2,(H4,18,19,21). The third kappa shape index (κ3) is 4.55. The van der Waals surface area contributed by atoms with Crippen molar-refractivity contribution in [2.75, 3.05) is 0 Å². The van der Waals surface area contributed by atoms with Gasteiger partial charge in [0.25, 0.3) is 0 Å². The largest absolute Gasteiger partial charge is 0.489 e. The highest BCUT2D eigenvalue weighted by atomic mass is 19.1. The Hall–Kier alpha value is -2.96. The molecule has 114 valence electrons. The van der Waals surface area contributed by atoms with E-state index < -0.39 is 11.6 Å². The lowest BCUT2D eigenvalue weighted by molar-refractivity contribution is 0.302. The van der Waals surface area contributed by atoms with Crippen LogP contribution in [0.25, 0.3) is 0 Å². The third-order valence-corrected chi connectivity index (χ3v) is 2.66. The summed E-state index contributed by atoms with van der Waals surface area (Å²) in [6.45, 7) is 0.118. The van der Waals surface area contributed by atoms with Gasteiger partial charge in [-0.05, 0) is 5.56 Å². The van der Waals surface area contributed by atoms with Crippen LogP contribution in [0.4, 0.5) is 8.78 Å². The molecule has 22 heavy (non-hydrogen) atoms. The summed E-state index contributed by atoms with van der Waals surface area (Å²) in [7, 11) is 0. The SMILES string of the molecule is NC(N)=NN=Cc1ccccc1COc1cc(F)cc(F)c1. The highest BCUT2D eigenvalue weighted by Gasteiger charge is 2.04. The van der Waals surface area contributed by atoms with E-state index in [1.165, 1.54) is 6.21 Å². The van der Waals surface area contributed by atoms with Crippen LogP contribution in [0.15, 0.2) is 52.7 Å². The molecular formula is C15H14F2N4O. The number of hydrogen-bond donors (Lipinski definition) is 2. The van der Waals surface area contributed by atoms with Crippen molar-refractivity contribution in [2.45, 2.75) is 6.61 Å². The Morgan fingerprint density at radius 2 is 1.77 bits per heavy atom. The predicted molar refractivity (Wildman–Crippen MR) is 80.5 cm³/mol.